The average molecular weight is 639 g/mol. The lowest BCUT2D eigenvalue weighted by atomic mass is 9.96. The fourth-order valence-corrected chi connectivity index (χ4v) is 5.29. The molecule has 1 saturated heterocycles. The minimum absolute atomic E-state index is 0. The molecule has 0 radical (unpaired) electrons. The van der Waals surface area contributed by atoms with E-state index in [1.165, 1.54) is 53.4 Å². The highest BCUT2D eigenvalue weighted by molar-refractivity contribution is 6.09. The molecule has 3 heterocycles. The van der Waals surface area contributed by atoms with Crippen LogP contribution in [-0.2, 0) is 15.8 Å². The molecule has 2 aliphatic rings. The van der Waals surface area contributed by atoms with Crippen LogP contribution in [0.15, 0.2) is 66.9 Å². The summed E-state index contributed by atoms with van der Waals surface area (Å²) in [5, 5.41) is 3.81. The van der Waals surface area contributed by atoms with Gasteiger partial charge in [-0.05, 0) is 18.2 Å². The fourth-order valence-electron chi connectivity index (χ4n) is 5.29. The van der Waals surface area contributed by atoms with Crippen LogP contribution >= 0.6 is 12.4 Å². The third-order valence-corrected chi connectivity index (χ3v) is 7.37. The van der Waals surface area contributed by atoms with Crippen LogP contribution in [0.2, 0.25) is 0 Å². The summed E-state index contributed by atoms with van der Waals surface area (Å²) in [6.07, 6.45) is -4.33. The Kier molecular flexibility index (Phi) is 9.44. The number of aromatic nitrogens is 2. The predicted molar refractivity (Wildman–Crippen MR) is 154 cm³/mol. The van der Waals surface area contributed by atoms with E-state index in [0.29, 0.717) is 17.8 Å². The van der Waals surface area contributed by atoms with E-state index in [2.05, 4.69) is 5.10 Å². The van der Waals surface area contributed by atoms with Crippen LogP contribution in [-0.4, -0.2) is 82.5 Å². The minimum Gasteiger partial charge on any atom is -0.369 e. The van der Waals surface area contributed by atoms with Crippen LogP contribution in [0.5, 0.6) is 0 Å². The van der Waals surface area contributed by atoms with Gasteiger partial charge >= 0.3 is 6.18 Å². The van der Waals surface area contributed by atoms with Gasteiger partial charge in [-0.1, -0.05) is 36.4 Å². The zero-order chi connectivity index (χ0) is 30.9. The highest BCUT2D eigenvalue weighted by Crippen LogP contribution is 2.44. The summed E-state index contributed by atoms with van der Waals surface area (Å²) in [6.45, 7) is 0.405. The summed E-state index contributed by atoms with van der Waals surface area (Å²) in [4.78, 5) is 42.0. The van der Waals surface area contributed by atoms with E-state index in [1.807, 2.05) is 0 Å². The van der Waals surface area contributed by atoms with Crippen LogP contribution in [0.25, 0.3) is 11.3 Å². The number of nitrogens with zero attached hydrogens (tertiary/aromatic N) is 5. The van der Waals surface area contributed by atoms with Crippen molar-refractivity contribution >= 4 is 41.4 Å². The molecule has 234 valence electrons. The van der Waals surface area contributed by atoms with Crippen LogP contribution in [0.4, 0.5) is 27.6 Å². The molecule has 0 atom stereocenters. The Labute approximate surface area is 255 Å². The van der Waals surface area contributed by atoms with Gasteiger partial charge in [-0.15, -0.1) is 12.4 Å². The number of para-hydroxylation sites is 2. The Morgan fingerprint density at radius 1 is 0.932 bits per heavy atom. The number of carbonyl (C=O) groups is 3. The van der Waals surface area contributed by atoms with Crippen molar-refractivity contribution in [2.45, 2.75) is 18.5 Å². The zero-order valence-electron chi connectivity index (χ0n) is 23.1. The van der Waals surface area contributed by atoms with Gasteiger partial charge in [0, 0.05) is 56.4 Å². The number of hydrogen-bond acceptors (Lipinski definition) is 5. The number of nitrogens with two attached hydrogens (primary N) is 1. The van der Waals surface area contributed by atoms with E-state index in [9.17, 15) is 27.6 Å². The smallest absolute Gasteiger partial charge is 0.369 e. The molecule has 9 nitrogen and oxygen atoms in total. The van der Waals surface area contributed by atoms with E-state index in [1.54, 1.807) is 11.0 Å². The molecule has 0 saturated carbocycles. The Hall–Kier alpha value is -4.30. The van der Waals surface area contributed by atoms with Gasteiger partial charge in [0.2, 0.25) is 11.8 Å². The SMILES string of the molecule is Cl.NC(=O)CN1CCN(C(=O)/C=C2/c3ccccc3N(C(=O)c3cnn(-c4ccccc4)c3C(F)(F)F)CCC2(F)F)CC1. The van der Waals surface area contributed by atoms with Gasteiger partial charge in [-0.2, -0.15) is 18.3 Å². The number of piperazine rings is 1. The number of benzene rings is 2. The molecule has 1 fully saturated rings. The predicted octanol–water partition coefficient (Wildman–Crippen LogP) is 4.01. The number of fused-ring (bicyclic) bond motifs is 1. The molecule has 0 aliphatic carbocycles. The first-order valence-electron chi connectivity index (χ1n) is 13.4. The maximum atomic E-state index is 15.6. The van der Waals surface area contributed by atoms with Crippen molar-refractivity contribution < 1.29 is 36.3 Å². The topological polar surface area (TPSA) is 105 Å². The Morgan fingerprint density at radius 3 is 2.20 bits per heavy atom. The number of allylic oxidation sites excluding steroid dienone is 1. The van der Waals surface area contributed by atoms with E-state index in [4.69, 9.17) is 5.73 Å². The second-order valence-corrected chi connectivity index (χ2v) is 10.2. The quantitative estimate of drug-likeness (QED) is 0.336. The van der Waals surface area contributed by atoms with Crippen LogP contribution < -0.4 is 10.6 Å². The molecule has 0 spiro atoms. The van der Waals surface area contributed by atoms with Crippen LogP contribution in [0.3, 0.4) is 0 Å². The van der Waals surface area contributed by atoms with E-state index in [-0.39, 0.29) is 49.0 Å². The lowest BCUT2D eigenvalue weighted by Gasteiger charge is -2.33. The van der Waals surface area contributed by atoms with Crippen LogP contribution in [0.1, 0.15) is 28.0 Å². The molecule has 3 aromatic rings. The highest BCUT2D eigenvalue weighted by atomic mass is 35.5. The number of halogens is 6. The molecule has 5 rings (SSSR count). The molecule has 1 aromatic heterocycles. The Bertz CT molecular complexity index is 1570. The van der Waals surface area contributed by atoms with Crippen molar-refractivity contribution in [1.82, 2.24) is 19.6 Å². The van der Waals surface area contributed by atoms with E-state index in [0.717, 1.165) is 17.2 Å². The van der Waals surface area contributed by atoms with Gasteiger partial charge in [0.1, 0.15) is 0 Å². The van der Waals surface area contributed by atoms with Gasteiger partial charge < -0.3 is 15.5 Å². The molecule has 2 N–H and O–H groups in total. The monoisotopic (exact) mass is 638 g/mol. The van der Waals surface area contributed by atoms with Gasteiger partial charge in [0.05, 0.1) is 29.7 Å². The second-order valence-electron chi connectivity index (χ2n) is 10.2. The standard InChI is InChI=1S/C29H27F5N6O3.ClH/c30-28(31)10-11-39(27(43)21-17-36-40(26(21)29(32,33)34)19-6-2-1-3-7-19)23-9-5-4-8-20(23)22(28)16-25(42)38-14-12-37(13-15-38)18-24(35)41;/h1-9,16-17H,10-15,18H2,(H2,35,41);1H/b22-16-;. The zero-order valence-corrected chi connectivity index (χ0v) is 24.0. The van der Waals surface area contributed by atoms with Gasteiger partial charge in [-0.3, -0.25) is 19.3 Å². The van der Waals surface area contributed by atoms with Crippen molar-refractivity contribution in [1.29, 1.82) is 0 Å². The van der Waals surface area contributed by atoms with Crippen molar-refractivity contribution in [2.75, 3.05) is 44.2 Å². The Morgan fingerprint density at radius 2 is 1.57 bits per heavy atom. The van der Waals surface area contributed by atoms with E-state index >= 15 is 8.78 Å². The highest BCUT2D eigenvalue weighted by Gasteiger charge is 2.45. The molecule has 44 heavy (non-hydrogen) atoms. The molecular weight excluding hydrogens is 611 g/mol. The van der Waals surface area contributed by atoms with Gasteiger partial charge in [-0.25, -0.2) is 13.5 Å². The fraction of sp³-hybridized carbons (Fsp3) is 0.310. The number of amides is 3. The molecule has 2 aromatic carbocycles. The molecule has 3 amide bonds. The summed E-state index contributed by atoms with van der Waals surface area (Å²) >= 11 is 0. The summed E-state index contributed by atoms with van der Waals surface area (Å²) in [5.41, 5.74) is 2.30. The van der Waals surface area contributed by atoms with Crippen LogP contribution in [0, 0.1) is 0 Å². The third-order valence-electron chi connectivity index (χ3n) is 7.37. The maximum absolute atomic E-state index is 15.6. The molecule has 0 unspecified atom stereocenters. The first kappa shape index (κ1) is 32.6. The molecule has 0 bridgehead atoms. The van der Waals surface area contributed by atoms with Gasteiger partial charge in [0.25, 0.3) is 11.8 Å². The lowest BCUT2D eigenvalue weighted by Crippen LogP contribution is -2.50. The van der Waals surface area contributed by atoms with Crippen molar-refractivity contribution in [3.05, 3.63) is 83.7 Å². The lowest BCUT2D eigenvalue weighted by molar-refractivity contribution is -0.143. The number of carbonyl (C=O) groups excluding carboxylic acids is 3. The van der Waals surface area contributed by atoms with Crippen molar-refractivity contribution in [2.24, 2.45) is 5.73 Å². The molecule has 15 heteroatoms. The average Bonchev–Trinajstić information content (AvgIpc) is 3.39. The number of hydrogen-bond donors (Lipinski definition) is 1. The molecular formula is C29H28ClF5N6O3. The van der Waals surface area contributed by atoms with Crippen molar-refractivity contribution in [3.8, 4) is 5.69 Å². The largest absolute Gasteiger partial charge is 0.434 e. The van der Waals surface area contributed by atoms with Crippen molar-refractivity contribution in [3.63, 3.8) is 0 Å². The first-order chi connectivity index (χ1) is 20.4. The van der Waals surface area contributed by atoms with E-state index < -0.39 is 59.6 Å². The minimum atomic E-state index is -4.99. The summed E-state index contributed by atoms with van der Waals surface area (Å²) in [5.74, 6) is -5.96. The number of alkyl halides is 5. The van der Waals surface area contributed by atoms with Gasteiger partial charge in [0.15, 0.2) is 5.69 Å². The third kappa shape index (κ3) is 6.60. The number of anilines is 1. The number of primary amides is 1. The Balaban J connectivity index is 0.00000442. The number of rotatable bonds is 5. The molecule has 2 aliphatic heterocycles. The second kappa shape index (κ2) is 12.7. The maximum Gasteiger partial charge on any atom is 0.434 e. The normalized spacial score (nSPS) is 17.9. The summed E-state index contributed by atoms with van der Waals surface area (Å²) in [7, 11) is 0. The summed E-state index contributed by atoms with van der Waals surface area (Å²) in [6, 6.07) is 13.0. The summed E-state index contributed by atoms with van der Waals surface area (Å²) < 4.78 is 74.8. The first-order valence-corrected chi connectivity index (χ1v) is 13.4.